The van der Waals surface area contributed by atoms with Crippen LogP contribution in [0.15, 0.2) is 22.7 Å². The van der Waals surface area contributed by atoms with Crippen molar-refractivity contribution < 1.29 is 23.9 Å². The highest BCUT2D eigenvalue weighted by atomic mass is 79.9. The van der Waals surface area contributed by atoms with E-state index in [4.69, 9.17) is 10.8 Å². The molecule has 0 bridgehead atoms. The summed E-state index contributed by atoms with van der Waals surface area (Å²) in [7, 11) is 0. The molecule has 0 aliphatic carbocycles. The zero-order valence-corrected chi connectivity index (χ0v) is 11.1. The van der Waals surface area contributed by atoms with E-state index in [9.17, 15) is 18.8 Å². The molecule has 2 amide bonds. The number of hydrogen-bond donors (Lipinski definition) is 3. The average Bonchev–Trinajstić information content (AvgIpc) is 2.27. The zero-order valence-electron chi connectivity index (χ0n) is 9.52. The topological polar surface area (TPSA) is 109 Å². The van der Waals surface area contributed by atoms with Gasteiger partial charge in [0.1, 0.15) is 11.9 Å². The Balaban J connectivity index is 2.94. The smallest absolute Gasteiger partial charge is 0.326 e. The third kappa shape index (κ3) is 4.02. The van der Waals surface area contributed by atoms with Gasteiger partial charge < -0.3 is 16.2 Å². The second kappa shape index (κ2) is 6.28. The number of nitrogens with two attached hydrogens (primary N) is 1. The Morgan fingerprint density at radius 3 is 2.53 bits per heavy atom. The highest BCUT2D eigenvalue weighted by Crippen LogP contribution is 2.19. The van der Waals surface area contributed by atoms with Gasteiger partial charge in [-0.15, -0.1) is 0 Å². The Kier molecular flexibility index (Phi) is 4.99. The second-order valence-electron chi connectivity index (χ2n) is 3.63. The highest BCUT2D eigenvalue weighted by molar-refractivity contribution is 9.10. The maximum atomic E-state index is 13.5. The van der Waals surface area contributed by atoms with Crippen molar-refractivity contribution >= 4 is 33.7 Å². The van der Waals surface area contributed by atoms with Crippen LogP contribution < -0.4 is 11.1 Å². The van der Waals surface area contributed by atoms with Crippen molar-refractivity contribution in [3.05, 3.63) is 34.1 Å². The number of hydrogen-bond acceptors (Lipinski definition) is 3. The lowest BCUT2D eigenvalue weighted by atomic mass is 10.1. The minimum absolute atomic E-state index is 0.174. The fraction of sp³-hybridized carbons (Fsp3) is 0.182. The summed E-state index contributed by atoms with van der Waals surface area (Å²) in [6, 6.07) is 2.37. The fourth-order valence-corrected chi connectivity index (χ4v) is 1.87. The molecular weight excluding hydrogens is 323 g/mol. The Labute approximate surface area is 115 Å². The molecule has 0 spiro atoms. The maximum absolute atomic E-state index is 13.5. The molecule has 6 nitrogen and oxygen atoms in total. The molecule has 102 valence electrons. The van der Waals surface area contributed by atoms with Crippen molar-refractivity contribution in [2.24, 2.45) is 5.73 Å². The summed E-state index contributed by atoms with van der Waals surface area (Å²) in [5.74, 6) is -4.08. The SMILES string of the molecule is NC(=O)C[C@H](NC(=O)c1c(F)cccc1Br)C(=O)O. The van der Waals surface area contributed by atoms with Gasteiger partial charge in [-0.2, -0.15) is 0 Å². The van der Waals surface area contributed by atoms with E-state index in [0.717, 1.165) is 6.07 Å². The number of benzene rings is 1. The molecule has 0 aromatic heterocycles. The fourth-order valence-electron chi connectivity index (χ4n) is 1.35. The molecule has 1 aromatic rings. The van der Waals surface area contributed by atoms with E-state index in [1.165, 1.54) is 12.1 Å². The van der Waals surface area contributed by atoms with E-state index >= 15 is 0 Å². The summed E-state index contributed by atoms with van der Waals surface area (Å²) in [4.78, 5) is 33.3. The molecule has 19 heavy (non-hydrogen) atoms. The summed E-state index contributed by atoms with van der Waals surface area (Å²) >= 11 is 2.99. The molecule has 1 atom stereocenters. The molecule has 0 unspecified atom stereocenters. The summed E-state index contributed by atoms with van der Waals surface area (Å²) in [6.07, 6.45) is -0.576. The highest BCUT2D eigenvalue weighted by Gasteiger charge is 2.25. The van der Waals surface area contributed by atoms with Crippen LogP contribution in [-0.2, 0) is 9.59 Å². The van der Waals surface area contributed by atoms with E-state index in [2.05, 4.69) is 15.9 Å². The predicted octanol–water partition coefficient (Wildman–Crippen LogP) is 0.647. The Morgan fingerprint density at radius 1 is 1.42 bits per heavy atom. The van der Waals surface area contributed by atoms with Crippen LogP contribution >= 0.6 is 15.9 Å². The summed E-state index contributed by atoms with van der Waals surface area (Å²) < 4.78 is 13.7. The van der Waals surface area contributed by atoms with Gasteiger partial charge in [0.2, 0.25) is 5.91 Å². The van der Waals surface area contributed by atoms with E-state index in [0.29, 0.717) is 0 Å². The van der Waals surface area contributed by atoms with E-state index in [1.54, 1.807) is 0 Å². The largest absolute Gasteiger partial charge is 0.480 e. The molecule has 0 aliphatic heterocycles. The summed E-state index contributed by atoms with van der Waals surface area (Å²) in [6.45, 7) is 0. The first-order chi connectivity index (χ1) is 8.82. The van der Waals surface area contributed by atoms with Crippen LogP contribution in [0, 0.1) is 5.82 Å². The van der Waals surface area contributed by atoms with Crippen molar-refractivity contribution in [2.45, 2.75) is 12.5 Å². The van der Waals surface area contributed by atoms with Gasteiger partial charge >= 0.3 is 5.97 Å². The molecule has 0 aliphatic rings. The zero-order chi connectivity index (χ0) is 14.6. The van der Waals surface area contributed by atoms with Crippen LogP contribution in [0.25, 0.3) is 0 Å². The van der Waals surface area contributed by atoms with Gasteiger partial charge in [-0.05, 0) is 28.1 Å². The monoisotopic (exact) mass is 332 g/mol. The van der Waals surface area contributed by atoms with Crippen LogP contribution in [0.5, 0.6) is 0 Å². The van der Waals surface area contributed by atoms with Crippen molar-refractivity contribution in [3.8, 4) is 0 Å². The van der Waals surface area contributed by atoms with Crippen LogP contribution in [0.2, 0.25) is 0 Å². The molecular formula is C11H10BrFN2O4. The molecule has 0 radical (unpaired) electrons. The van der Waals surface area contributed by atoms with E-state index < -0.39 is 36.1 Å². The van der Waals surface area contributed by atoms with Gasteiger partial charge in [-0.1, -0.05) is 6.07 Å². The average molecular weight is 333 g/mol. The number of primary amides is 1. The standard InChI is InChI=1S/C11H10BrFN2O4/c12-5-2-1-3-6(13)9(5)10(17)15-7(11(18)19)4-8(14)16/h1-3,7H,4H2,(H2,14,16)(H,15,17)(H,18,19)/t7-/m0/s1. The molecule has 1 aromatic carbocycles. The van der Waals surface area contributed by atoms with Crippen molar-refractivity contribution in [2.75, 3.05) is 0 Å². The minimum Gasteiger partial charge on any atom is -0.480 e. The first kappa shape index (κ1) is 15.1. The number of carbonyl (C=O) groups excluding carboxylic acids is 2. The minimum atomic E-state index is -1.50. The van der Waals surface area contributed by atoms with Gasteiger partial charge in [0.15, 0.2) is 0 Å². The lowest BCUT2D eigenvalue weighted by molar-refractivity contribution is -0.140. The second-order valence-corrected chi connectivity index (χ2v) is 4.49. The van der Waals surface area contributed by atoms with Crippen LogP contribution in [0.4, 0.5) is 4.39 Å². The quantitative estimate of drug-likeness (QED) is 0.735. The summed E-state index contributed by atoms with van der Waals surface area (Å²) in [5.41, 5.74) is 4.53. The van der Waals surface area contributed by atoms with E-state index in [-0.39, 0.29) is 10.0 Å². The predicted molar refractivity (Wildman–Crippen MR) is 66.8 cm³/mol. The number of rotatable bonds is 5. The van der Waals surface area contributed by atoms with Gasteiger partial charge in [0.05, 0.1) is 12.0 Å². The van der Waals surface area contributed by atoms with Crippen LogP contribution in [0.1, 0.15) is 16.8 Å². The Bertz CT molecular complexity index is 515. The number of nitrogens with one attached hydrogen (secondary N) is 1. The third-order valence-electron chi connectivity index (χ3n) is 2.20. The summed E-state index contributed by atoms with van der Waals surface area (Å²) in [5, 5.41) is 10.9. The Hall–Kier alpha value is -1.96. The molecule has 8 heteroatoms. The lowest BCUT2D eigenvalue weighted by Gasteiger charge is -2.13. The number of amides is 2. The first-order valence-electron chi connectivity index (χ1n) is 5.09. The molecule has 0 saturated heterocycles. The van der Waals surface area contributed by atoms with Gasteiger partial charge in [-0.3, -0.25) is 9.59 Å². The molecule has 4 N–H and O–H groups in total. The lowest BCUT2D eigenvalue weighted by Crippen LogP contribution is -2.43. The van der Waals surface area contributed by atoms with Crippen LogP contribution in [0.3, 0.4) is 0 Å². The van der Waals surface area contributed by atoms with Crippen molar-refractivity contribution in [1.82, 2.24) is 5.32 Å². The third-order valence-corrected chi connectivity index (χ3v) is 2.86. The molecule has 0 fully saturated rings. The van der Waals surface area contributed by atoms with E-state index in [1.807, 2.05) is 5.32 Å². The maximum Gasteiger partial charge on any atom is 0.326 e. The normalized spacial score (nSPS) is 11.7. The number of carbonyl (C=O) groups is 3. The number of halogens is 2. The Morgan fingerprint density at radius 2 is 2.05 bits per heavy atom. The van der Waals surface area contributed by atoms with Crippen molar-refractivity contribution in [1.29, 1.82) is 0 Å². The van der Waals surface area contributed by atoms with Gasteiger partial charge in [0, 0.05) is 4.47 Å². The van der Waals surface area contributed by atoms with Crippen molar-refractivity contribution in [3.63, 3.8) is 0 Å². The molecule has 0 heterocycles. The van der Waals surface area contributed by atoms with Gasteiger partial charge in [0.25, 0.3) is 5.91 Å². The van der Waals surface area contributed by atoms with Crippen LogP contribution in [-0.4, -0.2) is 28.9 Å². The number of carboxylic acids is 1. The first-order valence-corrected chi connectivity index (χ1v) is 5.88. The molecule has 0 saturated carbocycles. The molecule has 1 rings (SSSR count). The number of aliphatic carboxylic acids is 1. The number of carboxylic acid groups (broad SMARTS) is 1. The van der Waals surface area contributed by atoms with Gasteiger partial charge in [-0.25, -0.2) is 9.18 Å².